The average Bonchev–Trinajstić information content (AvgIpc) is 2.70. The summed E-state index contributed by atoms with van der Waals surface area (Å²) in [6.07, 6.45) is 0.767. The number of anilines is 1. The highest BCUT2D eigenvalue weighted by atomic mass is 32.2. The summed E-state index contributed by atoms with van der Waals surface area (Å²) in [6, 6.07) is 12.5. The van der Waals surface area contributed by atoms with E-state index in [9.17, 15) is 22.4 Å². The van der Waals surface area contributed by atoms with Crippen molar-refractivity contribution in [3.05, 3.63) is 65.5 Å². The molecular formula is C21H23FN2O4S. The molecule has 0 atom stereocenters. The van der Waals surface area contributed by atoms with Crippen molar-refractivity contribution in [1.29, 1.82) is 0 Å². The molecule has 8 heteroatoms. The van der Waals surface area contributed by atoms with Gasteiger partial charge in [0.05, 0.1) is 5.75 Å². The molecule has 1 N–H and O–H groups in total. The summed E-state index contributed by atoms with van der Waals surface area (Å²) in [5.41, 5.74) is 1.19. The average molecular weight is 418 g/mol. The number of nitrogens with zero attached hydrogens (tertiary/aromatic N) is 1. The fraction of sp³-hybridized carbons (Fsp3) is 0.333. The molecule has 1 aliphatic rings. The number of nitrogens with one attached hydrogen (secondary N) is 1. The van der Waals surface area contributed by atoms with Crippen LogP contribution in [0.25, 0.3) is 0 Å². The topological polar surface area (TPSA) is 83.6 Å². The zero-order valence-electron chi connectivity index (χ0n) is 16.1. The van der Waals surface area contributed by atoms with E-state index in [4.69, 9.17) is 0 Å². The fourth-order valence-corrected chi connectivity index (χ4v) is 4.94. The number of hydrogen-bond acceptors (Lipinski definition) is 4. The summed E-state index contributed by atoms with van der Waals surface area (Å²) in [6.45, 7) is 1.88. The molecule has 154 valence electrons. The van der Waals surface area contributed by atoms with Gasteiger partial charge in [0.25, 0.3) is 0 Å². The Kier molecular flexibility index (Phi) is 6.44. The Balaban J connectivity index is 1.58. The van der Waals surface area contributed by atoms with E-state index in [1.807, 2.05) is 0 Å². The quantitative estimate of drug-likeness (QED) is 0.730. The second-order valence-corrected chi connectivity index (χ2v) is 9.12. The number of piperidine rings is 1. The number of ketones is 1. The van der Waals surface area contributed by atoms with Crippen LogP contribution in [0.4, 0.5) is 10.1 Å². The van der Waals surface area contributed by atoms with Crippen molar-refractivity contribution in [2.24, 2.45) is 5.92 Å². The number of rotatable bonds is 6. The number of carbonyl (C=O) groups is 2. The van der Waals surface area contributed by atoms with E-state index in [1.165, 1.54) is 29.4 Å². The highest BCUT2D eigenvalue weighted by Gasteiger charge is 2.31. The van der Waals surface area contributed by atoms with E-state index in [0.717, 1.165) is 0 Å². The third kappa shape index (κ3) is 5.27. The van der Waals surface area contributed by atoms with E-state index in [1.54, 1.807) is 30.3 Å². The predicted molar refractivity (Wildman–Crippen MR) is 108 cm³/mol. The van der Waals surface area contributed by atoms with Crippen molar-refractivity contribution in [1.82, 2.24) is 4.31 Å². The molecule has 6 nitrogen and oxygen atoms in total. The highest BCUT2D eigenvalue weighted by molar-refractivity contribution is 7.88. The van der Waals surface area contributed by atoms with Gasteiger partial charge in [0.1, 0.15) is 5.82 Å². The van der Waals surface area contributed by atoms with Crippen molar-refractivity contribution in [3.8, 4) is 0 Å². The van der Waals surface area contributed by atoms with E-state index < -0.39 is 21.6 Å². The molecular weight excluding hydrogens is 395 g/mol. The molecule has 0 unspecified atom stereocenters. The maximum absolute atomic E-state index is 13.8. The summed E-state index contributed by atoms with van der Waals surface area (Å²) < 4.78 is 40.3. The van der Waals surface area contributed by atoms with Gasteiger partial charge in [0, 0.05) is 35.8 Å². The van der Waals surface area contributed by atoms with Crippen LogP contribution in [-0.2, 0) is 20.6 Å². The Morgan fingerprint density at radius 3 is 2.45 bits per heavy atom. The van der Waals surface area contributed by atoms with Gasteiger partial charge < -0.3 is 5.32 Å². The smallest absolute Gasteiger partial charge is 0.227 e. The van der Waals surface area contributed by atoms with Crippen LogP contribution in [-0.4, -0.2) is 37.5 Å². The van der Waals surface area contributed by atoms with Crippen molar-refractivity contribution in [3.63, 3.8) is 0 Å². The number of hydrogen-bond donors (Lipinski definition) is 1. The molecule has 0 spiro atoms. The number of amides is 1. The summed E-state index contributed by atoms with van der Waals surface area (Å²) in [4.78, 5) is 24.0. The van der Waals surface area contributed by atoms with E-state index >= 15 is 0 Å². The molecule has 1 fully saturated rings. The zero-order chi connectivity index (χ0) is 21.0. The molecule has 0 radical (unpaired) electrons. The number of carbonyl (C=O) groups excluding carboxylic acids is 2. The van der Waals surface area contributed by atoms with Crippen LogP contribution in [0.2, 0.25) is 0 Å². The molecule has 1 heterocycles. The lowest BCUT2D eigenvalue weighted by Gasteiger charge is -2.30. The lowest BCUT2D eigenvalue weighted by atomic mass is 9.97. The van der Waals surface area contributed by atoms with E-state index in [0.29, 0.717) is 24.1 Å². The SMILES string of the molecule is CC(=O)c1cccc(NC(=O)C2CCN(S(=O)(=O)Cc3ccccc3F)CC2)c1. The Bertz CT molecular complexity index is 1010. The van der Waals surface area contributed by atoms with E-state index in [-0.39, 0.29) is 36.3 Å². The fourth-order valence-electron chi connectivity index (χ4n) is 3.36. The molecule has 1 amide bonds. The molecule has 0 aliphatic carbocycles. The maximum Gasteiger partial charge on any atom is 0.227 e. The molecule has 2 aromatic carbocycles. The number of Topliss-reactive ketones (excluding diaryl/α,β-unsaturated/α-hetero) is 1. The highest BCUT2D eigenvalue weighted by Crippen LogP contribution is 2.24. The Hall–Kier alpha value is -2.58. The summed E-state index contributed by atoms with van der Waals surface area (Å²) in [5.74, 6) is -1.55. The molecule has 1 saturated heterocycles. The standard InChI is InChI=1S/C21H23FN2O4S/c1-15(25)17-6-4-7-19(13-17)23-21(26)16-9-11-24(12-10-16)29(27,28)14-18-5-2-3-8-20(18)22/h2-8,13,16H,9-12,14H2,1H3,(H,23,26). The van der Waals surface area contributed by atoms with Gasteiger partial charge in [0.2, 0.25) is 15.9 Å². The molecule has 2 aromatic rings. The molecule has 29 heavy (non-hydrogen) atoms. The number of benzene rings is 2. The molecule has 0 saturated carbocycles. The van der Waals surface area contributed by atoms with Crippen molar-refractivity contribution >= 4 is 27.4 Å². The molecule has 3 rings (SSSR count). The van der Waals surface area contributed by atoms with Gasteiger partial charge in [-0.25, -0.2) is 17.1 Å². The van der Waals surface area contributed by atoms with Crippen LogP contribution < -0.4 is 5.32 Å². The zero-order valence-corrected chi connectivity index (χ0v) is 16.9. The van der Waals surface area contributed by atoms with Gasteiger partial charge in [-0.05, 0) is 38.0 Å². The van der Waals surface area contributed by atoms with Gasteiger partial charge in [-0.3, -0.25) is 9.59 Å². The van der Waals surface area contributed by atoms with E-state index in [2.05, 4.69) is 5.32 Å². The first-order valence-corrected chi connectivity index (χ1v) is 11.0. The normalized spacial score (nSPS) is 15.8. The minimum atomic E-state index is -3.66. The first-order chi connectivity index (χ1) is 13.8. The van der Waals surface area contributed by atoms with Crippen LogP contribution in [0.15, 0.2) is 48.5 Å². The van der Waals surface area contributed by atoms with Crippen LogP contribution in [0, 0.1) is 11.7 Å². The second kappa shape index (κ2) is 8.84. The first kappa shape index (κ1) is 21.1. The first-order valence-electron chi connectivity index (χ1n) is 9.39. The van der Waals surface area contributed by atoms with Crippen LogP contribution >= 0.6 is 0 Å². The summed E-state index contributed by atoms with van der Waals surface area (Å²) >= 11 is 0. The Morgan fingerprint density at radius 1 is 1.10 bits per heavy atom. The number of sulfonamides is 1. The lowest BCUT2D eigenvalue weighted by Crippen LogP contribution is -2.42. The minimum Gasteiger partial charge on any atom is -0.326 e. The summed E-state index contributed by atoms with van der Waals surface area (Å²) in [7, 11) is -3.66. The van der Waals surface area contributed by atoms with Crippen LogP contribution in [0.1, 0.15) is 35.7 Å². The van der Waals surface area contributed by atoms with Crippen LogP contribution in [0.5, 0.6) is 0 Å². The Labute approximate surface area is 169 Å². The molecule has 0 aromatic heterocycles. The maximum atomic E-state index is 13.8. The largest absolute Gasteiger partial charge is 0.326 e. The predicted octanol–water partition coefficient (Wildman–Crippen LogP) is 3.21. The Morgan fingerprint density at radius 2 is 1.79 bits per heavy atom. The monoisotopic (exact) mass is 418 g/mol. The third-order valence-electron chi connectivity index (χ3n) is 5.05. The molecule has 0 bridgehead atoms. The van der Waals surface area contributed by atoms with Gasteiger partial charge in [-0.15, -0.1) is 0 Å². The molecule has 1 aliphatic heterocycles. The van der Waals surface area contributed by atoms with Gasteiger partial charge >= 0.3 is 0 Å². The van der Waals surface area contributed by atoms with Crippen molar-refractivity contribution in [2.45, 2.75) is 25.5 Å². The second-order valence-electron chi connectivity index (χ2n) is 7.15. The summed E-state index contributed by atoms with van der Waals surface area (Å²) in [5, 5.41) is 2.80. The van der Waals surface area contributed by atoms with Gasteiger partial charge in [0.15, 0.2) is 5.78 Å². The van der Waals surface area contributed by atoms with Crippen molar-refractivity contribution in [2.75, 3.05) is 18.4 Å². The minimum absolute atomic E-state index is 0.0885. The lowest BCUT2D eigenvalue weighted by molar-refractivity contribution is -0.120. The van der Waals surface area contributed by atoms with Crippen molar-refractivity contribution < 1.29 is 22.4 Å². The van der Waals surface area contributed by atoms with Gasteiger partial charge in [-0.2, -0.15) is 0 Å². The van der Waals surface area contributed by atoms with Crippen LogP contribution in [0.3, 0.4) is 0 Å². The third-order valence-corrected chi connectivity index (χ3v) is 6.88. The van der Waals surface area contributed by atoms with Gasteiger partial charge in [-0.1, -0.05) is 30.3 Å². The number of halogens is 1.